The van der Waals surface area contributed by atoms with Gasteiger partial charge in [-0.05, 0) is 38.0 Å². The molecule has 2 aromatic rings. The van der Waals surface area contributed by atoms with Gasteiger partial charge in [0.2, 0.25) is 0 Å². The molecule has 0 aliphatic rings. The first-order valence-electron chi connectivity index (χ1n) is 6.65. The standard InChI is InChI=1S/C15H18Cl2N2O/c1-3-19-14(15(17)10(2)18-19)9-13(20)8-11-5-4-6-12(16)7-11/h4-7,13,20H,3,8-9H2,1-2H3. The Morgan fingerprint density at radius 1 is 1.30 bits per heavy atom. The summed E-state index contributed by atoms with van der Waals surface area (Å²) in [6.07, 6.45) is 0.526. The van der Waals surface area contributed by atoms with Crippen LogP contribution in [-0.4, -0.2) is 21.0 Å². The van der Waals surface area contributed by atoms with Crippen LogP contribution in [0.15, 0.2) is 24.3 Å². The topological polar surface area (TPSA) is 38.0 Å². The van der Waals surface area contributed by atoms with Gasteiger partial charge in [-0.25, -0.2) is 0 Å². The molecule has 1 aromatic carbocycles. The Kier molecular flexibility index (Phi) is 5.08. The van der Waals surface area contributed by atoms with Gasteiger partial charge in [0, 0.05) is 18.0 Å². The van der Waals surface area contributed by atoms with E-state index in [9.17, 15) is 5.11 Å². The molecule has 0 fully saturated rings. The summed E-state index contributed by atoms with van der Waals surface area (Å²) in [4.78, 5) is 0. The number of aryl methyl sites for hydroxylation is 2. The third kappa shape index (κ3) is 3.54. The van der Waals surface area contributed by atoms with Gasteiger partial charge >= 0.3 is 0 Å². The molecule has 108 valence electrons. The summed E-state index contributed by atoms with van der Waals surface area (Å²) in [7, 11) is 0. The molecule has 0 aliphatic carbocycles. The van der Waals surface area contributed by atoms with Crippen molar-refractivity contribution in [2.24, 2.45) is 0 Å². The van der Waals surface area contributed by atoms with Crippen LogP contribution in [0.2, 0.25) is 10.0 Å². The van der Waals surface area contributed by atoms with E-state index < -0.39 is 6.10 Å². The van der Waals surface area contributed by atoms with Gasteiger partial charge in [-0.15, -0.1) is 0 Å². The average molecular weight is 313 g/mol. The van der Waals surface area contributed by atoms with Crippen molar-refractivity contribution < 1.29 is 5.11 Å². The maximum atomic E-state index is 10.3. The number of aliphatic hydroxyl groups is 1. The number of benzene rings is 1. The molecule has 1 N–H and O–H groups in total. The van der Waals surface area contributed by atoms with E-state index in [1.807, 2.05) is 42.8 Å². The first kappa shape index (κ1) is 15.4. The van der Waals surface area contributed by atoms with Crippen LogP contribution in [-0.2, 0) is 19.4 Å². The summed E-state index contributed by atoms with van der Waals surface area (Å²) in [5, 5.41) is 15.9. The Labute approximate surface area is 129 Å². The number of nitrogens with zero attached hydrogens (tertiary/aromatic N) is 2. The molecular formula is C15H18Cl2N2O. The molecule has 0 radical (unpaired) electrons. The molecule has 5 heteroatoms. The first-order chi connectivity index (χ1) is 9.51. The van der Waals surface area contributed by atoms with Crippen LogP contribution in [0, 0.1) is 6.92 Å². The van der Waals surface area contributed by atoms with Crippen LogP contribution in [0.1, 0.15) is 23.9 Å². The number of aromatic nitrogens is 2. The second-order valence-electron chi connectivity index (χ2n) is 4.85. The number of rotatable bonds is 5. The SMILES string of the molecule is CCn1nc(C)c(Cl)c1CC(O)Cc1cccc(Cl)c1. The van der Waals surface area contributed by atoms with Crippen LogP contribution in [0.3, 0.4) is 0 Å². The second kappa shape index (κ2) is 6.61. The number of aliphatic hydroxyl groups excluding tert-OH is 1. The molecule has 1 heterocycles. The van der Waals surface area contributed by atoms with E-state index in [0.29, 0.717) is 22.9 Å². The van der Waals surface area contributed by atoms with Crippen LogP contribution < -0.4 is 0 Å². The lowest BCUT2D eigenvalue weighted by Gasteiger charge is -2.12. The van der Waals surface area contributed by atoms with Gasteiger partial charge in [0.1, 0.15) is 0 Å². The predicted octanol–water partition coefficient (Wildman–Crippen LogP) is 3.66. The van der Waals surface area contributed by atoms with Gasteiger partial charge in [-0.1, -0.05) is 35.3 Å². The molecule has 2 rings (SSSR count). The minimum Gasteiger partial charge on any atom is -0.392 e. The van der Waals surface area contributed by atoms with Crippen LogP contribution in [0.5, 0.6) is 0 Å². The van der Waals surface area contributed by atoms with Crippen molar-refractivity contribution in [1.29, 1.82) is 0 Å². The average Bonchev–Trinajstić information content (AvgIpc) is 2.66. The maximum absolute atomic E-state index is 10.3. The lowest BCUT2D eigenvalue weighted by molar-refractivity contribution is 0.172. The van der Waals surface area contributed by atoms with Crippen molar-refractivity contribution >= 4 is 23.2 Å². The van der Waals surface area contributed by atoms with Gasteiger partial charge in [0.05, 0.1) is 22.5 Å². The predicted molar refractivity (Wildman–Crippen MR) is 82.5 cm³/mol. The Morgan fingerprint density at radius 2 is 2.05 bits per heavy atom. The van der Waals surface area contributed by atoms with Crippen molar-refractivity contribution in [3.63, 3.8) is 0 Å². The highest BCUT2D eigenvalue weighted by Gasteiger charge is 2.16. The molecule has 20 heavy (non-hydrogen) atoms. The molecule has 0 saturated heterocycles. The third-order valence-corrected chi connectivity index (χ3v) is 3.97. The molecule has 0 bridgehead atoms. The van der Waals surface area contributed by atoms with E-state index in [1.165, 1.54) is 0 Å². The van der Waals surface area contributed by atoms with E-state index in [2.05, 4.69) is 5.10 Å². The van der Waals surface area contributed by atoms with Gasteiger partial charge < -0.3 is 5.11 Å². The summed E-state index contributed by atoms with van der Waals surface area (Å²) >= 11 is 12.2. The Balaban J connectivity index is 2.10. The van der Waals surface area contributed by atoms with E-state index in [1.54, 1.807) is 0 Å². The maximum Gasteiger partial charge on any atom is 0.0848 e. The highest BCUT2D eigenvalue weighted by atomic mass is 35.5. The lowest BCUT2D eigenvalue weighted by Crippen LogP contribution is -2.17. The van der Waals surface area contributed by atoms with E-state index in [4.69, 9.17) is 23.2 Å². The van der Waals surface area contributed by atoms with Crippen LogP contribution in [0.4, 0.5) is 0 Å². The number of halogens is 2. The summed E-state index contributed by atoms with van der Waals surface area (Å²) in [5.74, 6) is 0. The van der Waals surface area contributed by atoms with Gasteiger partial charge in [-0.2, -0.15) is 5.10 Å². The monoisotopic (exact) mass is 312 g/mol. The normalized spacial score (nSPS) is 12.7. The molecule has 0 saturated carbocycles. The van der Waals surface area contributed by atoms with E-state index in [0.717, 1.165) is 23.5 Å². The van der Waals surface area contributed by atoms with Crippen molar-refractivity contribution in [3.8, 4) is 0 Å². The third-order valence-electron chi connectivity index (χ3n) is 3.24. The van der Waals surface area contributed by atoms with Crippen molar-refractivity contribution in [2.45, 2.75) is 39.3 Å². The summed E-state index contributed by atoms with van der Waals surface area (Å²) in [6, 6.07) is 7.54. The molecule has 0 amide bonds. The zero-order valence-electron chi connectivity index (χ0n) is 11.6. The largest absolute Gasteiger partial charge is 0.392 e. The summed E-state index contributed by atoms with van der Waals surface area (Å²) in [5.41, 5.74) is 2.71. The summed E-state index contributed by atoms with van der Waals surface area (Å²) < 4.78 is 1.85. The molecule has 1 atom stereocenters. The summed E-state index contributed by atoms with van der Waals surface area (Å²) in [6.45, 7) is 4.63. The minimum absolute atomic E-state index is 0.486. The van der Waals surface area contributed by atoms with Crippen molar-refractivity contribution in [2.75, 3.05) is 0 Å². The minimum atomic E-state index is -0.507. The molecule has 0 aliphatic heterocycles. The molecule has 3 nitrogen and oxygen atoms in total. The van der Waals surface area contributed by atoms with E-state index >= 15 is 0 Å². The lowest BCUT2D eigenvalue weighted by atomic mass is 10.0. The molecular weight excluding hydrogens is 295 g/mol. The Morgan fingerprint density at radius 3 is 2.70 bits per heavy atom. The highest BCUT2D eigenvalue weighted by molar-refractivity contribution is 6.31. The van der Waals surface area contributed by atoms with E-state index in [-0.39, 0.29) is 0 Å². The number of hydrogen-bond donors (Lipinski definition) is 1. The zero-order valence-corrected chi connectivity index (χ0v) is 13.1. The van der Waals surface area contributed by atoms with Crippen LogP contribution in [0.25, 0.3) is 0 Å². The Bertz CT molecular complexity index is 596. The second-order valence-corrected chi connectivity index (χ2v) is 5.67. The quantitative estimate of drug-likeness (QED) is 0.915. The fourth-order valence-corrected chi connectivity index (χ4v) is 2.72. The van der Waals surface area contributed by atoms with Crippen LogP contribution >= 0.6 is 23.2 Å². The zero-order chi connectivity index (χ0) is 14.7. The first-order valence-corrected chi connectivity index (χ1v) is 7.41. The van der Waals surface area contributed by atoms with Crippen molar-refractivity contribution in [1.82, 2.24) is 9.78 Å². The fraction of sp³-hybridized carbons (Fsp3) is 0.400. The van der Waals surface area contributed by atoms with Crippen molar-refractivity contribution in [3.05, 3.63) is 51.3 Å². The molecule has 1 unspecified atom stereocenters. The van der Waals surface area contributed by atoms with Gasteiger partial charge in [0.15, 0.2) is 0 Å². The Hall–Kier alpha value is -1.03. The molecule has 0 spiro atoms. The van der Waals surface area contributed by atoms with Gasteiger partial charge in [-0.3, -0.25) is 4.68 Å². The fourth-order valence-electron chi connectivity index (χ4n) is 2.30. The number of hydrogen-bond acceptors (Lipinski definition) is 2. The molecule has 1 aromatic heterocycles. The van der Waals surface area contributed by atoms with Gasteiger partial charge in [0.25, 0.3) is 0 Å². The smallest absolute Gasteiger partial charge is 0.0848 e. The highest BCUT2D eigenvalue weighted by Crippen LogP contribution is 2.22.